The molecule has 1 aromatic heterocycles. The number of aromatic amines is 2. The summed E-state index contributed by atoms with van der Waals surface area (Å²) in [4.78, 5) is 16.8. The van der Waals surface area contributed by atoms with Crippen molar-refractivity contribution < 1.29 is 0 Å². The fourth-order valence-electron chi connectivity index (χ4n) is 2.20. The molecule has 5 heteroatoms. The third kappa shape index (κ3) is 2.72. The van der Waals surface area contributed by atoms with Crippen LogP contribution in [0.4, 0.5) is 5.69 Å². The Morgan fingerprint density at radius 3 is 2.50 bits per heavy atom. The minimum atomic E-state index is -0.171. The SMILES string of the molecule is CC(Nc1ccc(I)cc1)c1ccc2[nH]c(=O)[nH]c2c1. The number of fused-ring (bicyclic) bond motifs is 1. The summed E-state index contributed by atoms with van der Waals surface area (Å²) >= 11 is 2.29. The Balaban J connectivity index is 1.85. The number of hydrogen-bond acceptors (Lipinski definition) is 2. The zero-order valence-corrected chi connectivity index (χ0v) is 13.1. The van der Waals surface area contributed by atoms with Crippen LogP contribution in [0.15, 0.2) is 47.3 Å². The first-order valence-electron chi connectivity index (χ1n) is 6.36. The molecule has 3 N–H and O–H groups in total. The molecule has 1 atom stereocenters. The second-order valence-electron chi connectivity index (χ2n) is 4.76. The Labute approximate surface area is 129 Å². The number of halogens is 1. The smallest absolute Gasteiger partial charge is 0.323 e. The van der Waals surface area contributed by atoms with Gasteiger partial charge in [-0.2, -0.15) is 0 Å². The maximum atomic E-state index is 11.3. The number of benzene rings is 2. The van der Waals surface area contributed by atoms with Crippen LogP contribution >= 0.6 is 22.6 Å². The molecule has 0 amide bonds. The van der Waals surface area contributed by atoms with Gasteiger partial charge in [0.2, 0.25) is 0 Å². The maximum absolute atomic E-state index is 11.3. The Kier molecular flexibility index (Phi) is 3.52. The van der Waals surface area contributed by atoms with E-state index in [2.05, 4.69) is 69.1 Å². The number of H-pyrrole nitrogens is 2. The van der Waals surface area contributed by atoms with Crippen LogP contribution in [0.5, 0.6) is 0 Å². The predicted molar refractivity (Wildman–Crippen MR) is 90.1 cm³/mol. The van der Waals surface area contributed by atoms with Gasteiger partial charge in [0, 0.05) is 15.3 Å². The molecule has 0 aliphatic carbocycles. The number of aromatic nitrogens is 2. The molecule has 0 saturated heterocycles. The molecule has 3 aromatic rings. The van der Waals surface area contributed by atoms with Crippen LogP contribution in [0, 0.1) is 3.57 Å². The average molecular weight is 379 g/mol. The molecule has 1 heterocycles. The molecule has 20 heavy (non-hydrogen) atoms. The molecular weight excluding hydrogens is 365 g/mol. The molecule has 1 unspecified atom stereocenters. The molecule has 0 aliphatic rings. The van der Waals surface area contributed by atoms with Crippen molar-refractivity contribution in [2.24, 2.45) is 0 Å². The summed E-state index contributed by atoms with van der Waals surface area (Å²) in [6, 6.07) is 14.4. The van der Waals surface area contributed by atoms with Gasteiger partial charge in [0.1, 0.15) is 0 Å². The van der Waals surface area contributed by atoms with Crippen LogP contribution in [0.2, 0.25) is 0 Å². The summed E-state index contributed by atoms with van der Waals surface area (Å²) in [5.74, 6) is 0. The standard InChI is InChI=1S/C15H14IN3O/c1-9(17-12-5-3-11(16)4-6-12)10-2-7-13-14(8-10)19-15(20)18-13/h2-9,17H,1H3,(H2,18,19,20). The highest BCUT2D eigenvalue weighted by Crippen LogP contribution is 2.22. The van der Waals surface area contributed by atoms with Crippen LogP contribution in [0.3, 0.4) is 0 Å². The molecule has 0 aliphatic heterocycles. The quantitative estimate of drug-likeness (QED) is 0.609. The van der Waals surface area contributed by atoms with Gasteiger partial charge in [-0.1, -0.05) is 6.07 Å². The lowest BCUT2D eigenvalue weighted by Crippen LogP contribution is -2.06. The normalized spacial score (nSPS) is 12.5. The van der Waals surface area contributed by atoms with Gasteiger partial charge in [0.05, 0.1) is 11.0 Å². The lowest BCUT2D eigenvalue weighted by Gasteiger charge is -2.15. The van der Waals surface area contributed by atoms with Gasteiger partial charge >= 0.3 is 5.69 Å². The van der Waals surface area contributed by atoms with E-state index in [4.69, 9.17) is 0 Å². The van der Waals surface area contributed by atoms with E-state index in [1.165, 1.54) is 3.57 Å². The summed E-state index contributed by atoms with van der Waals surface area (Å²) in [5.41, 5.74) is 3.71. The maximum Gasteiger partial charge on any atom is 0.323 e. The van der Waals surface area contributed by atoms with Gasteiger partial charge < -0.3 is 15.3 Å². The van der Waals surface area contributed by atoms with Gasteiger partial charge in [-0.05, 0) is 71.5 Å². The van der Waals surface area contributed by atoms with Crippen LogP contribution in [-0.4, -0.2) is 9.97 Å². The highest BCUT2D eigenvalue weighted by Gasteiger charge is 2.07. The summed E-state index contributed by atoms with van der Waals surface area (Å²) in [6.07, 6.45) is 0. The van der Waals surface area contributed by atoms with Crippen molar-refractivity contribution in [3.63, 3.8) is 0 Å². The lowest BCUT2D eigenvalue weighted by atomic mass is 10.1. The zero-order valence-electron chi connectivity index (χ0n) is 10.9. The van der Waals surface area contributed by atoms with E-state index in [1.807, 2.05) is 18.2 Å². The summed E-state index contributed by atoms with van der Waals surface area (Å²) in [7, 11) is 0. The second kappa shape index (κ2) is 5.32. The highest BCUT2D eigenvalue weighted by molar-refractivity contribution is 14.1. The van der Waals surface area contributed by atoms with Gasteiger partial charge in [-0.15, -0.1) is 0 Å². The molecule has 0 radical (unpaired) electrons. The van der Waals surface area contributed by atoms with Crippen molar-refractivity contribution in [3.8, 4) is 0 Å². The largest absolute Gasteiger partial charge is 0.379 e. The summed E-state index contributed by atoms with van der Waals surface area (Å²) in [6.45, 7) is 2.10. The van der Waals surface area contributed by atoms with Gasteiger partial charge in [-0.25, -0.2) is 4.79 Å². The molecule has 2 aromatic carbocycles. The van der Waals surface area contributed by atoms with Crippen molar-refractivity contribution in [1.82, 2.24) is 9.97 Å². The zero-order chi connectivity index (χ0) is 14.1. The van der Waals surface area contributed by atoms with Crippen molar-refractivity contribution in [2.45, 2.75) is 13.0 Å². The molecule has 0 bridgehead atoms. The fraction of sp³-hybridized carbons (Fsp3) is 0.133. The minimum Gasteiger partial charge on any atom is -0.379 e. The number of imidazole rings is 1. The first-order chi connectivity index (χ1) is 9.61. The second-order valence-corrected chi connectivity index (χ2v) is 6.00. The Hall–Kier alpha value is -1.76. The van der Waals surface area contributed by atoms with E-state index in [9.17, 15) is 4.79 Å². The van der Waals surface area contributed by atoms with Crippen molar-refractivity contribution in [1.29, 1.82) is 0 Å². The molecule has 102 valence electrons. The number of nitrogens with one attached hydrogen (secondary N) is 3. The minimum absolute atomic E-state index is 0.165. The number of hydrogen-bond donors (Lipinski definition) is 3. The molecule has 4 nitrogen and oxygen atoms in total. The van der Waals surface area contributed by atoms with Gasteiger partial charge in [0.15, 0.2) is 0 Å². The average Bonchev–Trinajstić information content (AvgIpc) is 2.80. The van der Waals surface area contributed by atoms with Crippen LogP contribution in [-0.2, 0) is 0 Å². The lowest BCUT2D eigenvalue weighted by molar-refractivity contribution is 0.886. The third-order valence-electron chi connectivity index (χ3n) is 3.27. The highest BCUT2D eigenvalue weighted by atomic mass is 127. The van der Waals surface area contributed by atoms with E-state index in [0.29, 0.717) is 0 Å². The molecule has 0 saturated carbocycles. The van der Waals surface area contributed by atoms with E-state index >= 15 is 0 Å². The van der Waals surface area contributed by atoms with Crippen LogP contribution in [0.1, 0.15) is 18.5 Å². The van der Waals surface area contributed by atoms with Gasteiger partial charge in [0.25, 0.3) is 0 Å². The fourth-order valence-corrected chi connectivity index (χ4v) is 2.56. The van der Waals surface area contributed by atoms with Gasteiger partial charge in [-0.3, -0.25) is 0 Å². The van der Waals surface area contributed by atoms with Crippen molar-refractivity contribution in [3.05, 3.63) is 62.1 Å². The molecule has 0 spiro atoms. The predicted octanol–water partition coefficient (Wildman–Crippen LogP) is 3.63. The number of rotatable bonds is 3. The van der Waals surface area contributed by atoms with E-state index in [-0.39, 0.29) is 11.7 Å². The Morgan fingerprint density at radius 1 is 1.05 bits per heavy atom. The molecular formula is C15H14IN3O. The Morgan fingerprint density at radius 2 is 1.75 bits per heavy atom. The Bertz CT molecular complexity index is 789. The topological polar surface area (TPSA) is 60.7 Å². The first-order valence-corrected chi connectivity index (χ1v) is 7.44. The van der Waals surface area contributed by atoms with E-state index in [1.54, 1.807) is 0 Å². The van der Waals surface area contributed by atoms with Crippen LogP contribution in [0.25, 0.3) is 11.0 Å². The van der Waals surface area contributed by atoms with E-state index in [0.717, 1.165) is 22.3 Å². The molecule has 3 rings (SSSR count). The van der Waals surface area contributed by atoms with Crippen molar-refractivity contribution in [2.75, 3.05) is 5.32 Å². The molecule has 0 fully saturated rings. The van der Waals surface area contributed by atoms with Crippen LogP contribution < -0.4 is 11.0 Å². The van der Waals surface area contributed by atoms with E-state index < -0.39 is 0 Å². The first kappa shape index (κ1) is 13.2. The monoisotopic (exact) mass is 379 g/mol. The van der Waals surface area contributed by atoms with Crippen molar-refractivity contribution >= 4 is 39.3 Å². The number of anilines is 1. The third-order valence-corrected chi connectivity index (χ3v) is 3.99. The summed E-state index contributed by atoms with van der Waals surface area (Å²) < 4.78 is 1.21. The summed E-state index contributed by atoms with van der Waals surface area (Å²) in [5, 5.41) is 3.45.